The maximum absolute atomic E-state index is 12.1. The van der Waals surface area contributed by atoms with E-state index in [0.29, 0.717) is 22.9 Å². The van der Waals surface area contributed by atoms with Gasteiger partial charge in [0.1, 0.15) is 5.69 Å². The van der Waals surface area contributed by atoms with Crippen molar-refractivity contribution in [2.24, 2.45) is 5.92 Å². The van der Waals surface area contributed by atoms with Gasteiger partial charge in [-0.3, -0.25) is 9.59 Å². The minimum absolute atomic E-state index is 0.0950. The van der Waals surface area contributed by atoms with Gasteiger partial charge in [-0.1, -0.05) is 6.92 Å². The number of carbonyl (C=O) groups is 2. The average Bonchev–Trinajstić information content (AvgIpc) is 3.07. The summed E-state index contributed by atoms with van der Waals surface area (Å²) in [6.07, 6.45) is 2.01. The van der Waals surface area contributed by atoms with Crippen molar-refractivity contribution < 1.29 is 19.1 Å². The zero-order valence-electron chi connectivity index (χ0n) is 11.8. The highest BCUT2D eigenvalue weighted by Crippen LogP contribution is 2.27. The van der Waals surface area contributed by atoms with E-state index in [1.54, 1.807) is 32.2 Å². The van der Waals surface area contributed by atoms with Crippen LogP contribution in [-0.4, -0.2) is 28.5 Å². The SMILES string of the molecule is CCC(CNC(=O)c1nc(-c2ccco2)sc1C)C(=O)O. The van der Waals surface area contributed by atoms with Gasteiger partial charge in [-0.05, 0) is 25.5 Å². The fourth-order valence-corrected chi connectivity index (χ4v) is 2.70. The molecule has 0 saturated carbocycles. The number of carboxylic acid groups (broad SMARTS) is 1. The average molecular weight is 308 g/mol. The van der Waals surface area contributed by atoms with Crippen molar-refractivity contribution >= 4 is 23.2 Å². The van der Waals surface area contributed by atoms with Crippen LogP contribution in [0.25, 0.3) is 10.8 Å². The zero-order chi connectivity index (χ0) is 15.4. The summed E-state index contributed by atoms with van der Waals surface area (Å²) < 4.78 is 5.25. The number of carbonyl (C=O) groups excluding carboxylic acids is 1. The van der Waals surface area contributed by atoms with E-state index < -0.39 is 11.9 Å². The Morgan fingerprint density at radius 1 is 1.52 bits per heavy atom. The Morgan fingerprint density at radius 2 is 2.29 bits per heavy atom. The Labute approximate surface area is 125 Å². The van der Waals surface area contributed by atoms with Crippen LogP contribution in [0.3, 0.4) is 0 Å². The van der Waals surface area contributed by atoms with Gasteiger partial charge in [0.05, 0.1) is 12.2 Å². The first kappa shape index (κ1) is 15.2. The van der Waals surface area contributed by atoms with Crippen LogP contribution in [0, 0.1) is 12.8 Å². The van der Waals surface area contributed by atoms with Gasteiger partial charge in [-0.15, -0.1) is 11.3 Å². The first-order valence-electron chi connectivity index (χ1n) is 6.55. The van der Waals surface area contributed by atoms with E-state index in [-0.39, 0.29) is 12.5 Å². The monoisotopic (exact) mass is 308 g/mol. The molecule has 7 heteroatoms. The number of hydrogen-bond donors (Lipinski definition) is 2. The first-order chi connectivity index (χ1) is 10.0. The number of nitrogens with zero attached hydrogens (tertiary/aromatic N) is 1. The van der Waals surface area contributed by atoms with E-state index in [4.69, 9.17) is 9.52 Å². The molecule has 1 unspecified atom stereocenters. The molecule has 0 bridgehead atoms. The number of rotatable bonds is 6. The molecule has 112 valence electrons. The van der Waals surface area contributed by atoms with E-state index in [0.717, 1.165) is 4.88 Å². The van der Waals surface area contributed by atoms with Crippen LogP contribution < -0.4 is 5.32 Å². The minimum atomic E-state index is -0.913. The van der Waals surface area contributed by atoms with Gasteiger partial charge in [-0.25, -0.2) is 4.98 Å². The Hall–Kier alpha value is -2.15. The van der Waals surface area contributed by atoms with Crippen molar-refractivity contribution in [1.29, 1.82) is 0 Å². The molecule has 2 N–H and O–H groups in total. The zero-order valence-corrected chi connectivity index (χ0v) is 12.6. The number of amides is 1. The van der Waals surface area contributed by atoms with Gasteiger partial charge in [0.2, 0.25) is 0 Å². The smallest absolute Gasteiger partial charge is 0.308 e. The maximum atomic E-state index is 12.1. The number of aliphatic carboxylic acids is 1. The van der Waals surface area contributed by atoms with Crippen LogP contribution in [0.1, 0.15) is 28.7 Å². The van der Waals surface area contributed by atoms with Crippen LogP contribution in [0.2, 0.25) is 0 Å². The summed E-state index contributed by atoms with van der Waals surface area (Å²) in [5.41, 5.74) is 0.312. The number of aromatic nitrogens is 1. The molecular formula is C14H16N2O4S. The van der Waals surface area contributed by atoms with Gasteiger partial charge in [-0.2, -0.15) is 0 Å². The molecular weight excluding hydrogens is 292 g/mol. The summed E-state index contributed by atoms with van der Waals surface area (Å²) >= 11 is 1.36. The molecule has 2 rings (SSSR count). The van der Waals surface area contributed by atoms with E-state index >= 15 is 0 Å². The molecule has 2 aromatic heterocycles. The van der Waals surface area contributed by atoms with Crippen molar-refractivity contribution in [2.75, 3.05) is 6.54 Å². The first-order valence-corrected chi connectivity index (χ1v) is 7.36. The lowest BCUT2D eigenvalue weighted by molar-refractivity contribution is -0.141. The summed E-state index contributed by atoms with van der Waals surface area (Å²) in [6, 6.07) is 3.53. The van der Waals surface area contributed by atoms with Gasteiger partial charge in [0.15, 0.2) is 10.8 Å². The standard InChI is InChI=1S/C14H16N2O4S/c1-3-9(14(18)19)7-15-12(17)11-8(2)21-13(16-11)10-5-4-6-20-10/h4-6,9H,3,7H2,1-2H3,(H,15,17)(H,18,19). The minimum Gasteiger partial charge on any atom is -0.481 e. The lowest BCUT2D eigenvalue weighted by atomic mass is 10.1. The lowest BCUT2D eigenvalue weighted by Gasteiger charge is -2.10. The Bertz CT molecular complexity index is 633. The highest BCUT2D eigenvalue weighted by Gasteiger charge is 2.20. The number of aryl methyl sites for hydroxylation is 1. The molecule has 1 atom stereocenters. The van der Waals surface area contributed by atoms with Crippen LogP contribution in [0.15, 0.2) is 22.8 Å². The lowest BCUT2D eigenvalue weighted by Crippen LogP contribution is -2.33. The van der Waals surface area contributed by atoms with E-state index in [1.807, 2.05) is 0 Å². The fraction of sp³-hybridized carbons (Fsp3) is 0.357. The summed E-state index contributed by atoms with van der Waals surface area (Å²) in [6.45, 7) is 3.67. The number of thiazole rings is 1. The third kappa shape index (κ3) is 3.49. The van der Waals surface area contributed by atoms with Crippen LogP contribution in [-0.2, 0) is 4.79 Å². The maximum Gasteiger partial charge on any atom is 0.308 e. The second kappa shape index (κ2) is 6.53. The van der Waals surface area contributed by atoms with Crippen molar-refractivity contribution in [3.63, 3.8) is 0 Å². The summed E-state index contributed by atoms with van der Waals surface area (Å²) in [5.74, 6) is -1.25. The molecule has 0 aliphatic heterocycles. The number of nitrogens with one attached hydrogen (secondary N) is 1. The molecule has 6 nitrogen and oxygen atoms in total. The van der Waals surface area contributed by atoms with Crippen molar-refractivity contribution in [3.8, 4) is 10.8 Å². The van der Waals surface area contributed by atoms with E-state index in [2.05, 4.69) is 10.3 Å². The van der Waals surface area contributed by atoms with Crippen LogP contribution >= 0.6 is 11.3 Å². The normalized spacial score (nSPS) is 12.1. The van der Waals surface area contributed by atoms with E-state index in [1.165, 1.54) is 11.3 Å². The van der Waals surface area contributed by atoms with E-state index in [9.17, 15) is 9.59 Å². The third-order valence-corrected chi connectivity index (χ3v) is 4.08. The summed E-state index contributed by atoms with van der Waals surface area (Å²) in [4.78, 5) is 28.1. The van der Waals surface area contributed by atoms with Gasteiger partial charge >= 0.3 is 5.97 Å². The van der Waals surface area contributed by atoms with Gasteiger partial charge in [0.25, 0.3) is 5.91 Å². The molecule has 0 saturated heterocycles. The Kier molecular flexibility index (Phi) is 4.74. The molecule has 0 aromatic carbocycles. The molecule has 0 radical (unpaired) electrons. The molecule has 0 spiro atoms. The van der Waals surface area contributed by atoms with Crippen molar-refractivity contribution in [3.05, 3.63) is 29.0 Å². The van der Waals surface area contributed by atoms with Crippen molar-refractivity contribution in [1.82, 2.24) is 10.3 Å². The second-order valence-electron chi connectivity index (χ2n) is 4.55. The number of carboxylic acids is 1. The largest absolute Gasteiger partial charge is 0.481 e. The number of furan rings is 1. The molecule has 2 aromatic rings. The highest BCUT2D eigenvalue weighted by molar-refractivity contribution is 7.15. The Morgan fingerprint density at radius 3 is 2.86 bits per heavy atom. The summed E-state index contributed by atoms with van der Waals surface area (Å²) in [7, 11) is 0. The number of hydrogen-bond acceptors (Lipinski definition) is 5. The van der Waals surface area contributed by atoms with Gasteiger partial charge < -0.3 is 14.8 Å². The summed E-state index contributed by atoms with van der Waals surface area (Å²) in [5, 5.41) is 12.2. The third-order valence-electron chi connectivity index (χ3n) is 3.09. The predicted molar refractivity (Wildman–Crippen MR) is 78.3 cm³/mol. The molecule has 1 amide bonds. The van der Waals surface area contributed by atoms with Crippen molar-refractivity contribution in [2.45, 2.75) is 20.3 Å². The molecule has 0 aliphatic rings. The molecule has 0 fully saturated rings. The molecule has 0 aliphatic carbocycles. The molecule has 21 heavy (non-hydrogen) atoms. The highest BCUT2D eigenvalue weighted by atomic mass is 32.1. The van der Waals surface area contributed by atoms with Gasteiger partial charge in [0, 0.05) is 11.4 Å². The van der Waals surface area contributed by atoms with Crippen LogP contribution in [0.5, 0.6) is 0 Å². The Balaban J connectivity index is 2.08. The molecule has 2 heterocycles. The quantitative estimate of drug-likeness (QED) is 0.855. The van der Waals surface area contributed by atoms with Crippen LogP contribution in [0.4, 0.5) is 0 Å². The topological polar surface area (TPSA) is 92.4 Å². The fourth-order valence-electron chi connectivity index (χ4n) is 1.82. The second-order valence-corrected chi connectivity index (χ2v) is 5.76. The predicted octanol–water partition coefficient (Wildman–Crippen LogP) is 2.55.